The molecule has 58 valence electrons. The van der Waals surface area contributed by atoms with E-state index in [4.69, 9.17) is 0 Å². The molecule has 0 amide bonds. The molecule has 0 aliphatic heterocycles. The lowest BCUT2D eigenvalue weighted by atomic mass is 9.91. The Kier molecular flexibility index (Phi) is 3.93. The van der Waals surface area contributed by atoms with E-state index in [0.717, 1.165) is 6.29 Å². The average molecular weight is 142 g/mol. The zero-order valence-electron chi connectivity index (χ0n) is 6.76. The zero-order valence-corrected chi connectivity index (χ0v) is 6.76. The van der Waals surface area contributed by atoms with Crippen LogP contribution in [0.25, 0.3) is 0 Å². The number of carbonyl (C=O) groups excluding carboxylic acids is 2. The van der Waals surface area contributed by atoms with Gasteiger partial charge in [-0.05, 0) is 12.8 Å². The molecule has 0 radical (unpaired) electrons. The van der Waals surface area contributed by atoms with E-state index >= 15 is 0 Å². The Hall–Kier alpha value is -0.660. The van der Waals surface area contributed by atoms with Crippen molar-refractivity contribution >= 4 is 12.1 Å². The van der Waals surface area contributed by atoms with Crippen molar-refractivity contribution in [2.75, 3.05) is 0 Å². The number of hydrogen-bond donors (Lipinski definition) is 0. The topological polar surface area (TPSA) is 34.1 Å². The Bertz CT molecular complexity index is 129. The third-order valence-electron chi connectivity index (χ3n) is 1.96. The molecule has 0 N–H and O–H groups in total. The van der Waals surface area contributed by atoms with Crippen molar-refractivity contribution in [3.63, 3.8) is 0 Å². The van der Waals surface area contributed by atoms with Gasteiger partial charge in [-0.1, -0.05) is 13.8 Å². The summed E-state index contributed by atoms with van der Waals surface area (Å²) in [6.45, 7) is 5.34. The average Bonchev–Trinajstić information content (AvgIpc) is 1.87. The smallest absolute Gasteiger partial charge is 0.132 e. The third kappa shape index (κ3) is 2.76. The summed E-state index contributed by atoms with van der Waals surface area (Å²) in [7, 11) is 0. The van der Waals surface area contributed by atoms with E-state index in [1.54, 1.807) is 6.92 Å². The first-order valence-electron chi connectivity index (χ1n) is 3.53. The molecule has 0 rings (SSSR count). The summed E-state index contributed by atoms with van der Waals surface area (Å²) in [5.74, 6) is 0.370. The Morgan fingerprint density at radius 3 is 2.30 bits per heavy atom. The predicted octanol–water partition coefficient (Wildman–Crippen LogP) is 1.44. The van der Waals surface area contributed by atoms with Gasteiger partial charge in [-0.15, -0.1) is 0 Å². The number of carbonyl (C=O) groups is 2. The van der Waals surface area contributed by atoms with E-state index in [-0.39, 0.29) is 17.6 Å². The number of Topliss-reactive ketones (excluding diaryl/α,β-unsaturated/α-hetero) is 1. The van der Waals surface area contributed by atoms with Crippen molar-refractivity contribution in [2.24, 2.45) is 11.8 Å². The normalized spacial score (nSPS) is 15.9. The Morgan fingerprint density at radius 2 is 2.00 bits per heavy atom. The molecule has 2 heteroatoms. The molecule has 0 heterocycles. The van der Waals surface area contributed by atoms with E-state index in [2.05, 4.69) is 0 Å². The van der Waals surface area contributed by atoms with Crippen molar-refractivity contribution in [1.82, 2.24) is 0 Å². The van der Waals surface area contributed by atoms with Crippen molar-refractivity contribution in [1.29, 1.82) is 0 Å². The van der Waals surface area contributed by atoms with Crippen molar-refractivity contribution < 1.29 is 9.59 Å². The van der Waals surface area contributed by atoms with E-state index in [1.807, 2.05) is 13.8 Å². The molecule has 2 atom stereocenters. The van der Waals surface area contributed by atoms with Crippen LogP contribution in [0, 0.1) is 11.8 Å². The molecule has 10 heavy (non-hydrogen) atoms. The highest BCUT2D eigenvalue weighted by Crippen LogP contribution is 2.13. The molecule has 0 bridgehead atoms. The Balaban J connectivity index is 3.80. The van der Waals surface area contributed by atoms with Crippen LogP contribution in [0.2, 0.25) is 0 Å². The summed E-state index contributed by atoms with van der Waals surface area (Å²) in [5, 5.41) is 0. The van der Waals surface area contributed by atoms with Crippen LogP contribution in [0.15, 0.2) is 0 Å². The molecule has 0 saturated carbocycles. The van der Waals surface area contributed by atoms with Gasteiger partial charge >= 0.3 is 0 Å². The molecule has 0 aliphatic carbocycles. The molecule has 0 aliphatic rings. The van der Waals surface area contributed by atoms with Crippen LogP contribution in [-0.2, 0) is 9.59 Å². The minimum Gasteiger partial charge on any atom is -0.303 e. The molecule has 0 saturated heterocycles. The summed E-state index contributed by atoms with van der Waals surface area (Å²) < 4.78 is 0. The fraction of sp³-hybridized carbons (Fsp3) is 0.750. The summed E-state index contributed by atoms with van der Waals surface area (Å²) >= 11 is 0. The maximum atomic E-state index is 10.7. The van der Waals surface area contributed by atoms with Gasteiger partial charge in [0.1, 0.15) is 12.1 Å². The molecular weight excluding hydrogens is 128 g/mol. The lowest BCUT2D eigenvalue weighted by Gasteiger charge is -2.13. The standard InChI is InChI=1S/C8H14O2/c1-6(4-5-9)7(2)8(3)10/h5-7H,4H2,1-3H3. The second kappa shape index (κ2) is 4.20. The maximum Gasteiger partial charge on any atom is 0.132 e. The Morgan fingerprint density at radius 1 is 1.50 bits per heavy atom. The quantitative estimate of drug-likeness (QED) is 0.556. The third-order valence-corrected chi connectivity index (χ3v) is 1.96. The fourth-order valence-corrected chi connectivity index (χ4v) is 0.757. The minimum absolute atomic E-state index is 0.0187. The maximum absolute atomic E-state index is 10.7. The van der Waals surface area contributed by atoms with Gasteiger partial charge in [-0.25, -0.2) is 0 Å². The molecule has 2 unspecified atom stereocenters. The van der Waals surface area contributed by atoms with Crippen LogP contribution in [0.1, 0.15) is 27.2 Å². The number of aldehydes is 1. The lowest BCUT2D eigenvalue weighted by Crippen LogP contribution is -2.16. The minimum atomic E-state index is 0.0187. The second-order valence-electron chi connectivity index (χ2n) is 2.78. The molecule has 0 fully saturated rings. The van der Waals surface area contributed by atoms with Gasteiger partial charge in [-0.3, -0.25) is 4.79 Å². The van der Waals surface area contributed by atoms with Crippen molar-refractivity contribution in [2.45, 2.75) is 27.2 Å². The number of hydrogen-bond acceptors (Lipinski definition) is 2. The summed E-state index contributed by atoms with van der Waals surface area (Å²) in [4.78, 5) is 20.8. The van der Waals surface area contributed by atoms with Gasteiger partial charge in [0.25, 0.3) is 0 Å². The lowest BCUT2D eigenvalue weighted by molar-refractivity contribution is -0.121. The van der Waals surface area contributed by atoms with Gasteiger partial charge in [-0.2, -0.15) is 0 Å². The molecule has 0 aromatic heterocycles. The highest BCUT2D eigenvalue weighted by atomic mass is 16.1. The van der Waals surface area contributed by atoms with Gasteiger partial charge < -0.3 is 4.79 Å². The van der Waals surface area contributed by atoms with Crippen molar-refractivity contribution in [3.05, 3.63) is 0 Å². The Labute approximate surface area is 61.6 Å². The largest absolute Gasteiger partial charge is 0.303 e. The highest BCUT2D eigenvalue weighted by molar-refractivity contribution is 5.78. The monoisotopic (exact) mass is 142 g/mol. The SMILES string of the molecule is CC(=O)C(C)C(C)CC=O. The van der Waals surface area contributed by atoms with Gasteiger partial charge in [0.2, 0.25) is 0 Å². The van der Waals surface area contributed by atoms with Crippen LogP contribution in [0.4, 0.5) is 0 Å². The second-order valence-corrected chi connectivity index (χ2v) is 2.78. The van der Waals surface area contributed by atoms with Gasteiger partial charge in [0.15, 0.2) is 0 Å². The van der Waals surface area contributed by atoms with Gasteiger partial charge in [0, 0.05) is 12.3 Å². The van der Waals surface area contributed by atoms with Crippen LogP contribution >= 0.6 is 0 Å². The first-order valence-corrected chi connectivity index (χ1v) is 3.53. The van der Waals surface area contributed by atoms with Crippen LogP contribution in [-0.4, -0.2) is 12.1 Å². The molecular formula is C8H14O2. The molecule has 0 spiro atoms. The zero-order chi connectivity index (χ0) is 8.15. The highest BCUT2D eigenvalue weighted by Gasteiger charge is 2.15. The summed E-state index contributed by atoms with van der Waals surface area (Å²) in [5.41, 5.74) is 0. The number of ketones is 1. The first-order chi connectivity index (χ1) is 4.59. The molecule has 2 nitrogen and oxygen atoms in total. The molecule has 0 aromatic carbocycles. The van der Waals surface area contributed by atoms with Crippen LogP contribution in [0.5, 0.6) is 0 Å². The summed E-state index contributed by atoms with van der Waals surface area (Å²) in [6.07, 6.45) is 1.35. The van der Waals surface area contributed by atoms with Crippen molar-refractivity contribution in [3.8, 4) is 0 Å². The predicted molar refractivity (Wildman–Crippen MR) is 39.7 cm³/mol. The van der Waals surface area contributed by atoms with E-state index < -0.39 is 0 Å². The van der Waals surface area contributed by atoms with Crippen LogP contribution < -0.4 is 0 Å². The van der Waals surface area contributed by atoms with Gasteiger partial charge in [0.05, 0.1) is 0 Å². The fourth-order valence-electron chi connectivity index (χ4n) is 0.757. The molecule has 0 aromatic rings. The first kappa shape index (κ1) is 9.34. The van der Waals surface area contributed by atoms with E-state index in [0.29, 0.717) is 6.42 Å². The summed E-state index contributed by atoms with van der Waals surface area (Å²) in [6, 6.07) is 0. The van der Waals surface area contributed by atoms with E-state index in [1.165, 1.54) is 0 Å². The number of rotatable bonds is 4. The van der Waals surface area contributed by atoms with E-state index in [9.17, 15) is 9.59 Å². The van der Waals surface area contributed by atoms with Crippen LogP contribution in [0.3, 0.4) is 0 Å².